The lowest BCUT2D eigenvalue weighted by atomic mass is 10.2. The topological polar surface area (TPSA) is 76.9 Å². The van der Waals surface area contributed by atoms with Gasteiger partial charge in [0.1, 0.15) is 9.88 Å². The van der Waals surface area contributed by atoms with Crippen molar-refractivity contribution in [2.24, 2.45) is 0 Å². The summed E-state index contributed by atoms with van der Waals surface area (Å²) in [4.78, 5) is 29.7. The summed E-state index contributed by atoms with van der Waals surface area (Å²) in [6, 6.07) is 9.09. The fourth-order valence-electron chi connectivity index (χ4n) is 3.31. The maximum atomic E-state index is 12.6. The number of nitrogens with one attached hydrogen (secondary N) is 1. The van der Waals surface area contributed by atoms with Crippen LogP contribution in [0.1, 0.15) is 33.0 Å². The van der Waals surface area contributed by atoms with Crippen molar-refractivity contribution in [3.05, 3.63) is 67.5 Å². The Morgan fingerprint density at radius 1 is 1.32 bits per heavy atom. The molecule has 144 valence electrons. The minimum Gasteiger partial charge on any atom is -0.349 e. The minimum atomic E-state index is -0.206. The summed E-state index contributed by atoms with van der Waals surface area (Å²) in [6.07, 6.45) is 2.88. The molecule has 2 heterocycles. The average molecular weight is 415 g/mol. The molecule has 28 heavy (non-hydrogen) atoms. The van der Waals surface area contributed by atoms with Gasteiger partial charge in [-0.15, -0.1) is 11.3 Å². The second-order valence-electron chi connectivity index (χ2n) is 6.70. The molecule has 0 unspecified atom stereocenters. The first kappa shape index (κ1) is 18.8. The molecule has 1 amide bonds. The molecule has 0 saturated heterocycles. The van der Waals surface area contributed by atoms with Gasteiger partial charge >= 0.3 is 0 Å². The second-order valence-corrected chi connectivity index (χ2v) is 8.11. The lowest BCUT2D eigenvalue weighted by molar-refractivity contribution is 0.0955. The number of rotatable bonds is 5. The number of amides is 1. The molecule has 1 aliphatic rings. The number of hydrogen-bond donors (Lipinski definition) is 1. The number of thiazole rings is 1. The van der Waals surface area contributed by atoms with Crippen LogP contribution in [-0.2, 0) is 19.4 Å². The van der Waals surface area contributed by atoms with E-state index in [0.29, 0.717) is 33.7 Å². The molecule has 1 N–H and O–H groups in total. The molecule has 0 atom stereocenters. The van der Waals surface area contributed by atoms with E-state index in [2.05, 4.69) is 15.4 Å². The first-order valence-electron chi connectivity index (χ1n) is 9.13. The Bertz CT molecular complexity index is 1110. The third-order valence-electron chi connectivity index (χ3n) is 4.74. The van der Waals surface area contributed by atoms with Crippen LogP contribution in [0.25, 0.3) is 10.6 Å². The zero-order valence-electron chi connectivity index (χ0n) is 15.4. The molecule has 0 spiro atoms. The zero-order chi connectivity index (χ0) is 19.7. The van der Waals surface area contributed by atoms with Crippen LogP contribution in [0.4, 0.5) is 0 Å². The van der Waals surface area contributed by atoms with Crippen molar-refractivity contribution in [2.75, 3.05) is 6.54 Å². The van der Waals surface area contributed by atoms with Crippen molar-refractivity contribution in [3.8, 4) is 10.6 Å². The summed E-state index contributed by atoms with van der Waals surface area (Å²) in [7, 11) is 0. The van der Waals surface area contributed by atoms with Crippen LogP contribution in [0.15, 0.2) is 35.1 Å². The number of aryl methyl sites for hydroxylation is 3. The van der Waals surface area contributed by atoms with Gasteiger partial charge in [0.05, 0.1) is 23.0 Å². The molecular weight excluding hydrogens is 396 g/mol. The SMILES string of the molecule is Cc1nc(-c2ccccc2Cl)sc1C(=O)NCCn1nc2c(cc1=O)CCC2. The van der Waals surface area contributed by atoms with Gasteiger partial charge in [0.25, 0.3) is 11.5 Å². The van der Waals surface area contributed by atoms with Gasteiger partial charge in [-0.25, -0.2) is 9.67 Å². The van der Waals surface area contributed by atoms with Gasteiger partial charge in [-0.1, -0.05) is 29.8 Å². The predicted molar refractivity (Wildman–Crippen MR) is 110 cm³/mol. The first-order chi connectivity index (χ1) is 13.5. The summed E-state index contributed by atoms with van der Waals surface area (Å²) >= 11 is 7.54. The summed E-state index contributed by atoms with van der Waals surface area (Å²) in [5, 5.41) is 8.60. The molecule has 8 heteroatoms. The monoisotopic (exact) mass is 414 g/mol. The Hall–Kier alpha value is -2.51. The van der Waals surface area contributed by atoms with Gasteiger partial charge in [0.15, 0.2) is 0 Å². The van der Waals surface area contributed by atoms with Crippen molar-refractivity contribution in [2.45, 2.75) is 32.7 Å². The molecule has 0 fully saturated rings. The highest BCUT2D eigenvalue weighted by Gasteiger charge is 2.18. The van der Waals surface area contributed by atoms with Crippen molar-refractivity contribution in [1.29, 1.82) is 0 Å². The molecular formula is C20H19ClN4O2S. The molecule has 0 aliphatic heterocycles. The molecule has 1 aliphatic carbocycles. The highest BCUT2D eigenvalue weighted by atomic mass is 35.5. The van der Waals surface area contributed by atoms with Crippen molar-refractivity contribution < 1.29 is 4.79 Å². The predicted octanol–water partition coefficient (Wildman–Crippen LogP) is 3.25. The lowest BCUT2D eigenvalue weighted by Gasteiger charge is -2.08. The van der Waals surface area contributed by atoms with E-state index in [1.807, 2.05) is 18.2 Å². The number of hydrogen-bond acceptors (Lipinski definition) is 5. The van der Waals surface area contributed by atoms with Gasteiger partial charge in [-0.05, 0) is 37.8 Å². The maximum absolute atomic E-state index is 12.6. The number of benzene rings is 1. The molecule has 4 rings (SSSR count). The van der Waals surface area contributed by atoms with Crippen LogP contribution in [-0.4, -0.2) is 27.2 Å². The smallest absolute Gasteiger partial charge is 0.267 e. The molecule has 0 radical (unpaired) electrons. The zero-order valence-corrected chi connectivity index (χ0v) is 16.9. The lowest BCUT2D eigenvalue weighted by Crippen LogP contribution is -2.32. The van der Waals surface area contributed by atoms with Crippen LogP contribution in [0.3, 0.4) is 0 Å². The van der Waals surface area contributed by atoms with Gasteiger partial charge in [-0.3, -0.25) is 9.59 Å². The highest BCUT2D eigenvalue weighted by molar-refractivity contribution is 7.17. The maximum Gasteiger partial charge on any atom is 0.267 e. The summed E-state index contributed by atoms with van der Waals surface area (Å²) < 4.78 is 1.43. The molecule has 0 saturated carbocycles. The van der Waals surface area contributed by atoms with Gasteiger partial charge in [0.2, 0.25) is 0 Å². The normalized spacial score (nSPS) is 12.8. The van der Waals surface area contributed by atoms with Crippen LogP contribution in [0, 0.1) is 6.92 Å². The Morgan fingerprint density at radius 2 is 2.14 bits per heavy atom. The van der Waals surface area contributed by atoms with E-state index in [1.165, 1.54) is 16.0 Å². The molecule has 6 nitrogen and oxygen atoms in total. The van der Waals surface area contributed by atoms with Gasteiger partial charge in [0, 0.05) is 18.2 Å². The molecule has 1 aromatic carbocycles. The number of carbonyl (C=O) groups excluding carboxylic acids is 1. The van der Waals surface area contributed by atoms with E-state index in [4.69, 9.17) is 11.6 Å². The fraction of sp³-hybridized carbons (Fsp3) is 0.300. The average Bonchev–Trinajstić information content (AvgIpc) is 3.28. The summed E-state index contributed by atoms with van der Waals surface area (Å²) in [5.41, 5.74) is 3.40. The van der Waals surface area contributed by atoms with Crippen molar-refractivity contribution in [1.82, 2.24) is 20.1 Å². The Balaban J connectivity index is 1.44. The third kappa shape index (κ3) is 3.72. The van der Waals surface area contributed by atoms with E-state index in [0.717, 1.165) is 36.1 Å². The Kier molecular flexibility index (Phi) is 5.28. The van der Waals surface area contributed by atoms with E-state index in [1.54, 1.807) is 19.1 Å². The number of carbonyl (C=O) groups is 1. The van der Waals surface area contributed by atoms with E-state index in [9.17, 15) is 9.59 Å². The minimum absolute atomic E-state index is 0.120. The molecule has 0 bridgehead atoms. The van der Waals surface area contributed by atoms with Crippen molar-refractivity contribution >= 4 is 28.8 Å². The molecule has 2 aromatic heterocycles. The standard InChI is InChI=1S/C20H19ClN4O2S/c1-12-18(28-20(23-12)14-6-2-3-7-15(14)21)19(27)22-9-10-25-17(26)11-13-5-4-8-16(13)24-25/h2-3,6-7,11H,4-5,8-10H2,1H3,(H,22,27). The summed E-state index contributed by atoms with van der Waals surface area (Å²) in [5.74, 6) is -0.206. The van der Waals surface area contributed by atoms with E-state index < -0.39 is 0 Å². The summed E-state index contributed by atoms with van der Waals surface area (Å²) in [6.45, 7) is 2.47. The van der Waals surface area contributed by atoms with Crippen LogP contribution < -0.4 is 10.9 Å². The van der Waals surface area contributed by atoms with Crippen LogP contribution in [0.2, 0.25) is 5.02 Å². The number of aromatic nitrogens is 3. The van der Waals surface area contributed by atoms with Gasteiger partial charge in [-0.2, -0.15) is 5.10 Å². The van der Waals surface area contributed by atoms with E-state index >= 15 is 0 Å². The Morgan fingerprint density at radius 3 is 2.96 bits per heavy atom. The third-order valence-corrected chi connectivity index (χ3v) is 6.26. The van der Waals surface area contributed by atoms with Crippen LogP contribution in [0.5, 0.6) is 0 Å². The van der Waals surface area contributed by atoms with Crippen molar-refractivity contribution in [3.63, 3.8) is 0 Å². The quantitative estimate of drug-likeness (QED) is 0.695. The van der Waals surface area contributed by atoms with E-state index in [-0.39, 0.29) is 11.5 Å². The highest BCUT2D eigenvalue weighted by Crippen LogP contribution is 2.32. The Labute approximate surface area is 171 Å². The number of nitrogens with zero attached hydrogens (tertiary/aromatic N) is 3. The van der Waals surface area contributed by atoms with Gasteiger partial charge < -0.3 is 5.32 Å². The second kappa shape index (κ2) is 7.85. The largest absolute Gasteiger partial charge is 0.349 e. The number of fused-ring (bicyclic) bond motifs is 1. The molecule has 3 aromatic rings. The van der Waals surface area contributed by atoms with Crippen LogP contribution >= 0.6 is 22.9 Å². The first-order valence-corrected chi connectivity index (χ1v) is 10.3. The number of halogens is 1. The fourth-order valence-corrected chi connectivity index (χ4v) is 4.62.